The van der Waals surface area contributed by atoms with Crippen molar-refractivity contribution in [3.05, 3.63) is 164 Å². The van der Waals surface area contributed by atoms with E-state index in [2.05, 4.69) is 173 Å². The average Bonchev–Trinajstić information content (AvgIpc) is 3.20. The molecule has 6 aromatic rings. The molecule has 232 valence electrons. The van der Waals surface area contributed by atoms with Crippen molar-refractivity contribution in [3.8, 4) is 33.4 Å². The standard InChI is InChI=1S/3C12H9.4CO.Fe.H2OP/c3*1-3-7-11(8-4-1)12-9-5-2-6-10-12;4*1-2;;1-2/h3*1,3-10H;;;;;;2H2/q;;;;;;;-1;+1. The van der Waals surface area contributed by atoms with Gasteiger partial charge in [-0.05, 0) is 0 Å². The minimum Gasteiger partial charge on any atom is -0.281 e. The normalized spacial score (nSPS) is 10.3. The van der Waals surface area contributed by atoms with E-state index in [1.807, 2.05) is 18.2 Å². The molecule has 6 rings (SSSR count). The van der Waals surface area contributed by atoms with E-state index in [9.17, 15) is 4.57 Å². The molecule has 6 aromatic carbocycles. The predicted molar refractivity (Wildman–Crippen MR) is 188 cm³/mol. The first-order chi connectivity index (χ1) is 23.3. The first kappa shape index (κ1) is 37.9. The molecule has 0 aliphatic heterocycles. The summed E-state index contributed by atoms with van der Waals surface area (Å²) in [5.74, 6) is 0. The predicted octanol–water partition coefficient (Wildman–Crippen LogP) is 6.20. The van der Waals surface area contributed by atoms with Crippen LogP contribution in [0.2, 0.25) is 0 Å². The Morgan fingerprint density at radius 1 is 0.298 bits per heavy atom. The van der Waals surface area contributed by atoms with Gasteiger partial charge in [0.15, 0.2) is 0 Å². The van der Waals surface area contributed by atoms with Crippen molar-refractivity contribution in [2.75, 3.05) is 0 Å². The van der Waals surface area contributed by atoms with Crippen LogP contribution in [0.25, 0.3) is 33.4 Å². The molecule has 47 heavy (non-hydrogen) atoms. The third kappa shape index (κ3) is 9.16. The molecule has 8 radical (unpaired) electrons. The van der Waals surface area contributed by atoms with E-state index in [0.29, 0.717) is 0 Å². The van der Waals surface area contributed by atoms with Crippen molar-refractivity contribution in [1.82, 2.24) is 0 Å². The second kappa shape index (κ2) is 20.7. The van der Waals surface area contributed by atoms with Crippen molar-refractivity contribution in [1.29, 1.82) is 0 Å². The summed E-state index contributed by atoms with van der Waals surface area (Å²) in [4.78, 5) is 30.0. The minimum atomic E-state index is -2.54. The van der Waals surface area contributed by atoms with Crippen molar-refractivity contribution in [2.45, 2.75) is 0 Å². The summed E-state index contributed by atoms with van der Waals surface area (Å²) in [7, 11) is -1.10. The monoisotopic (exact) mass is 676 g/mol. The molecule has 5 nitrogen and oxygen atoms in total. The molecule has 0 amide bonds. The molecule has 0 fully saturated rings. The molecular weight excluding hydrogens is 647 g/mol. The summed E-state index contributed by atoms with van der Waals surface area (Å²) >= 11 is -2.54. The zero-order valence-electron chi connectivity index (χ0n) is 25.1. The number of hydrogen-bond donors (Lipinski definition) is 0. The number of benzene rings is 6. The minimum absolute atomic E-state index is 1.10. The molecule has 0 aliphatic rings. The van der Waals surface area contributed by atoms with Crippen LogP contribution >= 0.6 is 7.15 Å². The number of hydrogen-bond acceptors (Lipinski definition) is 5. The zero-order chi connectivity index (χ0) is 34.5. The number of carbonyl (C=O) groups excluding carboxylic acids is 4. The Morgan fingerprint density at radius 3 is 0.681 bits per heavy atom. The first-order valence-corrected chi connectivity index (χ1v) is 18.2. The largest absolute Gasteiger partial charge is 0.281 e. The Kier molecular flexibility index (Phi) is 16.7. The van der Waals surface area contributed by atoms with Gasteiger partial charge < -0.3 is 0 Å². The smallest absolute Gasteiger partial charge is 0.281 e. The molecule has 7 heteroatoms. The molecule has 0 aliphatic carbocycles. The van der Waals surface area contributed by atoms with E-state index < -0.39 is 19.6 Å². The number of rotatable bonds is 7. The van der Waals surface area contributed by atoms with Crippen LogP contribution in [-0.2, 0) is 36.1 Å². The van der Waals surface area contributed by atoms with Gasteiger partial charge in [-0.2, -0.15) is 0 Å². The molecule has 0 aromatic heterocycles. The quantitative estimate of drug-likeness (QED) is 0.149. The summed E-state index contributed by atoms with van der Waals surface area (Å²) < 4.78 is 17.0. The fraction of sp³-hybridized carbons (Fsp3) is 0. The summed E-state index contributed by atoms with van der Waals surface area (Å²) in [5.41, 5.74) is 7.05. The van der Waals surface area contributed by atoms with Crippen LogP contribution in [-0.4, -0.2) is 27.2 Å². The van der Waals surface area contributed by atoms with Gasteiger partial charge in [-0.15, -0.1) is 0 Å². The maximum Gasteiger partial charge on any atom is 0.281 e. The molecule has 0 heterocycles. The van der Waals surface area contributed by atoms with Crippen LogP contribution in [0.5, 0.6) is 0 Å². The maximum atomic E-state index is 13.6. The Hall–Kier alpha value is -5.25. The van der Waals surface area contributed by atoms with Gasteiger partial charge in [0.05, 0.1) is 0 Å². The summed E-state index contributed by atoms with van der Waals surface area (Å²) in [5, 5.41) is 0. The van der Waals surface area contributed by atoms with E-state index in [1.54, 1.807) is 0 Å². The molecule has 0 spiro atoms. The van der Waals surface area contributed by atoms with Gasteiger partial charge in [0.2, 0.25) is 0 Å². The van der Waals surface area contributed by atoms with Crippen molar-refractivity contribution in [3.63, 3.8) is 0 Å². The van der Waals surface area contributed by atoms with E-state index in [0.717, 1.165) is 13.4 Å². The van der Waals surface area contributed by atoms with E-state index in [4.69, 9.17) is 19.2 Å². The van der Waals surface area contributed by atoms with Crippen molar-refractivity contribution in [2.24, 2.45) is 0 Å². The maximum absolute atomic E-state index is 13.6. The van der Waals surface area contributed by atoms with Gasteiger partial charge in [0.1, 0.15) is 0 Å². The molecular formula is C40H29FeO5P. The Bertz CT molecular complexity index is 1540. The summed E-state index contributed by atoms with van der Waals surface area (Å²) in [6, 6.07) is 57.5. The van der Waals surface area contributed by atoms with Gasteiger partial charge in [-0.1, -0.05) is 0 Å². The van der Waals surface area contributed by atoms with Crippen LogP contribution in [0.3, 0.4) is 0 Å². The topological polar surface area (TPSA) is 85.3 Å². The Labute approximate surface area is 280 Å². The van der Waals surface area contributed by atoms with Crippen LogP contribution in [0.1, 0.15) is 0 Å². The van der Waals surface area contributed by atoms with Crippen LogP contribution in [0, 0.1) is 0 Å². The van der Waals surface area contributed by atoms with E-state index >= 15 is 0 Å². The summed E-state index contributed by atoms with van der Waals surface area (Å²) in [6.07, 6.45) is 0. The Balaban J connectivity index is 0.000000894. The molecule has 1 atom stereocenters. The van der Waals surface area contributed by atoms with Gasteiger partial charge in [-0.25, -0.2) is 0 Å². The van der Waals surface area contributed by atoms with E-state index in [1.165, 1.54) is 33.4 Å². The molecule has 1 unspecified atom stereocenters. The molecule has 0 saturated heterocycles. The van der Waals surface area contributed by atoms with Crippen LogP contribution < -0.4 is 13.4 Å². The molecule has 0 N–H and O–H groups in total. The third-order valence-corrected chi connectivity index (χ3v) is 15.4. The Morgan fingerprint density at radius 2 is 0.489 bits per heavy atom. The van der Waals surface area contributed by atoms with Crippen LogP contribution in [0.15, 0.2) is 164 Å². The first-order valence-electron chi connectivity index (χ1n) is 13.7. The zero-order valence-corrected chi connectivity index (χ0v) is 27.3. The second-order valence-electron chi connectivity index (χ2n) is 9.23. The van der Waals surface area contributed by atoms with Crippen molar-refractivity contribution >= 4 is 47.7 Å². The van der Waals surface area contributed by atoms with Gasteiger partial charge >= 0.3 is 235 Å². The van der Waals surface area contributed by atoms with Gasteiger partial charge in [-0.3, -0.25) is 19.2 Å². The molecule has 0 saturated carbocycles. The second-order valence-corrected chi connectivity index (χ2v) is 16.4. The average molecular weight is 676 g/mol. The van der Waals surface area contributed by atoms with Crippen LogP contribution in [0.4, 0.5) is 0 Å². The van der Waals surface area contributed by atoms with Crippen molar-refractivity contribution < 1.29 is 36.1 Å². The summed E-state index contributed by atoms with van der Waals surface area (Å²) in [6.45, 7) is 18.0. The fourth-order valence-corrected chi connectivity index (χ4v) is 11.6. The SMILES string of the molecule is O=[PH2][Fe]([c]1ccc(-c2ccccc2)cc1)([c]1ccc(-c2ccccc2)cc1)[c]1ccc(-c2ccccc2)cc1.[C]=O.[C]=O.[C]=O.[C]=O. The van der Waals surface area contributed by atoms with Gasteiger partial charge in [0, 0.05) is 0 Å². The van der Waals surface area contributed by atoms with E-state index in [-0.39, 0.29) is 0 Å². The third-order valence-electron chi connectivity index (χ3n) is 6.92. The van der Waals surface area contributed by atoms with Gasteiger partial charge in [0.25, 0.3) is 27.2 Å². The fourth-order valence-electron chi connectivity index (χ4n) is 4.86. The molecule has 0 bridgehead atoms.